The molecule has 1 aromatic heterocycles. The van der Waals surface area contributed by atoms with Gasteiger partial charge in [-0.25, -0.2) is 0 Å². The van der Waals surface area contributed by atoms with E-state index in [2.05, 4.69) is 5.16 Å². The number of carboxylic acids is 1. The zero-order valence-electron chi connectivity index (χ0n) is 6.75. The Morgan fingerprint density at radius 2 is 2.25 bits per heavy atom. The number of carboxylic acid groups (broad SMARTS) is 1. The molecule has 5 heteroatoms. The first kappa shape index (κ1) is 8.58. The highest BCUT2D eigenvalue weighted by molar-refractivity contribution is 5.74. The van der Waals surface area contributed by atoms with E-state index in [0.717, 1.165) is 0 Å². The summed E-state index contributed by atoms with van der Waals surface area (Å²) in [6.07, 6.45) is 0. The van der Waals surface area contributed by atoms with Crippen LogP contribution < -0.4 is 5.56 Å². The minimum absolute atomic E-state index is 0.188. The molecular weight excluding hydrogens is 162 g/mol. The lowest BCUT2D eigenvalue weighted by Crippen LogP contribution is -2.09. The van der Waals surface area contributed by atoms with Gasteiger partial charge in [-0.05, 0) is 13.8 Å². The number of carbonyl (C=O) groups is 1. The predicted octanol–water partition coefficient (Wildman–Crippen LogP) is 0.464. The standard InChI is InChI=1S/C7H9NO4/c1-3-5(4(2)7(10)11)12-8-6(3)9/h4H,1-2H3,(H,8,9)(H,10,11). The third-order valence-electron chi connectivity index (χ3n) is 1.73. The number of hydrogen-bond donors (Lipinski definition) is 2. The number of nitrogens with one attached hydrogen (secondary N) is 1. The molecule has 0 aliphatic carbocycles. The Hall–Kier alpha value is -1.52. The quantitative estimate of drug-likeness (QED) is 0.677. The predicted molar refractivity (Wildman–Crippen MR) is 40.1 cm³/mol. The van der Waals surface area contributed by atoms with Gasteiger partial charge in [0.15, 0.2) is 5.76 Å². The second-order valence-electron chi connectivity index (χ2n) is 2.58. The van der Waals surface area contributed by atoms with Crippen molar-refractivity contribution in [2.45, 2.75) is 19.8 Å². The molecule has 0 bridgehead atoms. The van der Waals surface area contributed by atoms with Crippen LogP contribution >= 0.6 is 0 Å². The van der Waals surface area contributed by atoms with Crippen molar-refractivity contribution in [3.05, 3.63) is 21.7 Å². The van der Waals surface area contributed by atoms with Crippen LogP contribution in [-0.2, 0) is 4.79 Å². The van der Waals surface area contributed by atoms with Crippen LogP contribution in [0.1, 0.15) is 24.2 Å². The highest BCUT2D eigenvalue weighted by Gasteiger charge is 2.21. The second-order valence-corrected chi connectivity index (χ2v) is 2.58. The summed E-state index contributed by atoms with van der Waals surface area (Å²) >= 11 is 0. The van der Waals surface area contributed by atoms with Crippen LogP contribution in [0.15, 0.2) is 9.32 Å². The Bertz CT molecular complexity index is 349. The highest BCUT2D eigenvalue weighted by Crippen LogP contribution is 2.15. The van der Waals surface area contributed by atoms with Gasteiger partial charge in [0, 0.05) is 0 Å². The van der Waals surface area contributed by atoms with Crippen molar-refractivity contribution in [1.29, 1.82) is 0 Å². The third-order valence-corrected chi connectivity index (χ3v) is 1.73. The van der Waals surface area contributed by atoms with Gasteiger partial charge < -0.3 is 9.63 Å². The van der Waals surface area contributed by atoms with E-state index in [9.17, 15) is 9.59 Å². The molecule has 1 rings (SSSR count). The Kier molecular flexibility index (Phi) is 2.03. The maximum absolute atomic E-state index is 10.8. The largest absolute Gasteiger partial charge is 0.481 e. The average Bonchev–Trinajstić information content (AvgIpc) is 2.32. The molecule has 0 saturated heterocycles. The Labute approximate surface area is 68.0 Å². The Morgan fingerprint density at radius 1 is 1.67 bits per heavy atom. The fourth-order valence-electron chi connectivity index (χ4n) is 0.892. The van der Waals surface area contributed by atoms with Gasteiger partial charge in [-0.2, -0.15) is 5.16 Å². The number of aromatic nitrogens is 1. The van der Waals surface area contributed by atoms with Gasteiger partial charge in [-0.3, -0.25) is 9.59 Å². The first-order chi connectivity index (χ1) is 5.54. The Balaban J connectivity index is 3.11. The van der Waals surface area contributed by atoms with Crippen molar-refractivity contribution in [3.63, 3.8) is 0 Å². The number of H-pyrrole nitrogens is 1. The monoisotopic (exact) mass is 171 g/mol. The molecule has 0 spiro atoms. The summed E-state index contributed by atoms with van der Waals surface area (Å²) in [5.41, 5.74) is -0.0528. The van der Waals surface area contributed by atoms with Crippen LogP contribution in [0.3, 0.4) is 0 Å². The lowest BCUT2D eigenvalue weighted by atomic mass is 10.1. The molecule has 1 atom stereocenters. The van der Waals surface area contributed by atoms with Crippen LogP contribution in [0.5, 0.6) is 0 Å². The van der Waals surface area contributed by atoms with Crippen LogP contribution in [0.25, 0.3) is 0 Å². The van der Waals surface area contributed by atoms with E-state index in [1.165, 1.54) is 13.8 Å². The van der Waals surface area contributed by atoms with E-state index in [-0.39, 0.29) is 11.3 Å². The zero-order chi connectivity index (χ0) is 9.30. The van der Waals surface area contributed by atoms with Crippen molar-refractivity contribution in [2.75, 3.05) is 0 Å². The average molecular weight is 171 g/mol. The van der Waals surface area contributed by atoms with Crippen LogP contribution in [0.2, 0.25) is 0 Å². The molecule has 0 aromatic carbocycles. The van der Waals surface area contributed by atoms with Gasteiger partial charge in [0.05, 0.1) is 5.56 Å². The molecule has 1 aromatic rings. The SMILES string of the molecule is Cc1c(C(C)C(=O)O)o[nH]c1=O. The molecule has 0 amide bonds. The number of hydrogen-bond acceptors (Lipinski definition) is 3. The second kappa shape index (κ2) is 2.84. The summed E-state index contributed by atoms with van der Waals surface area (Å²) < 4.78 is 4.70. The smallest absolute Gasteiger partial charge is 0.314 e. The molecule has 0 fully saturated rings. The molecule has 0 saturated carbocycles. The van der Waals surface area contributed by atoms with Crippen molar-refractivity contribution >= 4 is 5.97 Å². The lowest BCUT2D eigenvalue weighted by Gasteiger charge is -2.00. The zero-order valence-corrected chi connectivity index (χ0v) is 6.75. The van der Waals surface area contributed by atoms with Gasteiger partial charge in [0.25, 0.3) is 5.56 Å². The number of aromatic amines is 1. The van der Waals surface area contributed by atoms with E-state index in [4.69, 9.17) is 9.63 Å². The fourth-order valence-corrected chi connectivity index (χ4v) is 0.892. The minimum Gasteiger partial charge on any atom is -0.481 e. The van der Waals surface area contributed by atoms with Crippen molar-refractivity contribution < 1.29 is 14.4 Å². The molecule has 1 heterocycles. The number of aliphatic carboxylic acids is 1. The van der Waals surface area contributed by atoms with Gasteiger partial charge in [0.2, 0.25) is 0 Å². The van der Waals surface area contributed by atoms with Gasteiger partial charge in [-0.1, -0.05) is 0 Å². The molecule has 0 aliphatic rings. The van der Waals surface area contributed by atoms with E-state index >= 15 is 0 Å². The molecule has 0 aliphatic heterocycles. The maximum Gasteiger partial charge on any atom is 0.314 e. The fraction of sp³-hybridized carbons (Fsp3) is 0.429. The Morgan fingerprint density at radius 3 is 2.58 bits per heavy atom. The maximum atomic E-state index is 10.8. The normalized spacial score (nSPS) is 12.8. The first-order valence-corrected chi connectivity index (χ1v) is 3.44. The van der Waals surface area contributed by atoms with Gasteiger partial charge >= 0.3 is 5.97 Å². The summed E-state index contributed by atoms with van der Waals surface area (Å²) in [5, 5.41) is 10.7. The van der Waals surface area contributed by atoms with Crippen molar-refractivity contribution in [2.24, 2.45) is 0 Å². The first-order valence-electron chi connectivity index (χ1n) is 3.44. The molecule has 12 heavy (non-hydrogen) atoms. The summed E-state index contributed by atoms with van der Waals surface area (Å²) in [6, 6.07) is 0. The van der Waals surface area contributed by atoms with E-state index in [1.807, 2.05) is 0 Å². The molecule has 5 nitrogen and oxygen atoms in total. The van der Waals surface area contributed by atoms with Crippen LogP contribution in [0, 0.1) is 6.92 Å². The van der Waals surface area contributed by atoms with Gasteiger partial charge in [-0.15, -0.1) is 0 Å². The highest BCUT2D eigenvalue weighted by atomic mass is 16.5. The van der Waals surface area contributed by atoms with Crippen molar-refractivity contribution in [1.82, 2.24) is 5.16 Å². The van der Waals surface area contributed by atoms with E-state index < -0.39 is 11.9 Å². The van der Waals surface area contributed by atoms with Crippen LogP contribution in [-0.4, -0.2) is 16.2 Å². The molecular formula is C7H9NO4. The molecule has 0 radical (unpaired) electrons. The summed E-state index contributed by atoms with van der Waals surface area (Å²) in [4.78, 5) is 21.3. The third kappa shape index (κ3) is 1.25. The number of rotatable bonds is 2. The summed E-state index contributed by atoms with van der Waals surface area (Å²) in [5.74, 6) is -1.61. The summed E-state index contributed by atoms with van der Waals surface area (Å²) in [6.45, 7) is 2.98. The van der Waals surface area contributed by atoms with E-state index in [1.54, 1.807) is 0 Å². The van der Waals surface area contributed by atoms with E-state index in [0.29, 0.717) is 5.56 Å². The van der Waals surface area contributed by atoms with Crippen LogP contribution in [0.4, 0.5) is 0 Å². The van der Waals surface area contributed by atoms with Crippen molar-refractivity contribution in [3.8, 4) is 0 Å². The van der Waals surface area contributed by atoms with Gasteiger partial charge in [0.1, 0.15) is 5.92 Å². The molecule has 2 N–H and O–H groups in total. The molecule has 66 valence electrons. The molecule has 1 unspecified atom stereocenters. The minimum atomic E-state index is -1.01. The topological polar surface area (TPSA) is 83.3 Å². The summed E-state index contributed by atoms with van der Waals surface area (Å²) in [7, 11) is 0. The lowest BCUT2D eigenvalue weighted by molar-refractivity contribution is -0.138.